The molecule has 0 aliphatic carbocycles. The molecule has 0 aliphatic rings. The predicted octanol–water partition coefficient (Wildman–Crippen LogP) is 1.77. The molecule has 0 N–H and O–H groups in total. The molecule has 0 atom stereocenters. The van der Waals surface area contributed by atoms with E-state index in [4.69, 9.17) is 0 Å². The van der Waals surface area contributed by atoms with Crippen molar-refractivity contribution < 1.29 is 58.8 Å². The van der Waals surface area contributed by atoms with Gasteiger partial charge in [0.15, 0.2) is 0 Å². The molecule has 0 bridgehead atoms. The Hall–Kier alpha value is 0.781. The minimum atomic E-state index is -4.58. The molecular weight excluding hydrogens is 245 g/mol. The van der Waals surface area contributed by atoms with E-state index >= 15 is 0 Å². The first-order valence-corrected chi connectivity index (χ1v) is 3.00. The molecule has 0 heterocycles. The van der Waals surface area contributed by atoms with Crippen LogP contribution in [0.1, 0.15) is 0 Å². The molecule has 0 aromatic heterocycles. The third kappa shape index (κ3) is 6.78. The Morgan fingerprint density at radius 2 is 1.88 bits per heavy atom. The van der Waals surface area contributed by atoms with Gasteiger partial charge in [-0.05, 0) is 0 Å². The van der Waals surface area contributed by atoms with Gasteiger partial charge in [-0.1, -0.05) is 0 Å². The monoisotopic (exact) mass is 246 g/mol. The van der Waals surface area contributed by atoms with Crippen LogP contribution in [0.2, 0.25) is 0 Å². The van der Waals surface area contributed by atoms with Gasteiger partial charge in [0.25, 0.3) is 0 Å². The number of hydrogen-bond donors (Lipinski definition) is 0. The molecule has 0 rings (SSSR count). The van der Waals surface area contributed by atoms with Crippen molar-refractivity contribution in [2.45, 2.75) is 6.18 Å². The first-order valence-electron chi connectivity index (χ1n) is 1.33. The third-order valence-electron chi connectivity index (χ3n) is 0.196. The molecule has 0 saturated carbocycles. The first kappa shape index (κ1) is 8.78. The number of halogens is 4. The van der Waals surface area contributed by atoms with E-state index in [9.17, 15) is 13.3 Å². The van der Waals surface area contributed by atoms with Crippen LogP contribution in [-0.2, 0) is 0 Å². The summed E-state index contributed by atoms with van der Waals surface area (Å²) in [6.45, 7) is 0. The van der Waals surface area contributed by atoms with E-state index in [-0.39, 0.29) is 0 Å². The quantitative estimate of drug-likeness (QED) is 0.573. The summed E-state index contributed by atoms with van der Waals surface area (Å²) < 4.78 is 45.8. The van der Waals surface area contributed by atoms with Crippen LogP contribution in [0.5, 0.6) is 0 Å². The summed E-state index contributed by atoms with van der Waals surface area (Å²) in [6, 6.07) is 0.662. The summed E-state index contributed by atoms with van der Waals surface area (Å²) in [5.74, 6) is 0. The van der Waals surface area contributed by atoms with Crippen molar-refractivity contribution in [3.8, 4) is 6.07 Å². The van der Waals surface area contributed by atoms with Gasteiger partial charge in [-0.25, -0.2) is 0 Å². The fourth-order valence-corrected chi connectivity index (χ4v) is 0.401. The van der Waals surface area contributed by atoms with E-state index in [1.54, 1.807) is 0 Å². The topological polar surface area (TPSA) is 4.36 Å². The predicted molar refractivity (Wildman–Crippen MR) is 14.4 cm³/mol. The molecular formula is C2F4NXe+. The van der Waals surface area contributed by atoms with Crippen LogP contribution in [0.25, 0.3) is -0.143 Å². The zero-order chi connectivity index (χ0) is 6.62. The Kier molecular flexibility index (Phi) is 4.11. The van der Waals surface area contributed by atoms with Crippen molar-refractivity contribution in [1.82, 2.24) is 0 Å². The van der Waals surface area contributed by atoms with E-state index in [1.807, 2.05) is 0 Å². The van der Waals surface area contributed by atoms with Crippen molar-refractivity contribution in [2.24, 2.45) is 0 Å². The summed E-state index contributed by atoms with van der Waals surface area (Å²) in [7, 11) is 0. The van der Waals surface area contributed by atoms with Crippen molar-refractivity contribution in [3.05, 3.63) is -0.143 Å². The normalized spacial score (nSPS) is 10.5. The Labute approximate surface area is 69.9 Å². The van der Waals surface area contributed by atoms with Crippen molar-refractivity contribution in [3.63, 3.8) is 0 Å². The van der Waals surface area contributed by atoms with Gasteiger partial charge in [0, 0.05) is 0 Å². The molecule has 0 spiro atoms. The molecule has 6 heteroatoms. The van der Waals surface area contributed by atoms with Gasteiger partial charge in [-0.15, -0.1) is 0 Å². The molecule has 0 unspecified atom stereocenters. The van der Waals surface area contributed by atoms with Crippen molar-refractivity contribution in [1.29, 1.82) is 0 Å². The molecule has 1 nitrogen and oxygen atoms in total. The Balaban J connectivity index is 3.69. The van der Waals surface area contributed by atoms with Gasteiger partial charge < -0.3 is 0 Å². The molecule has 0 amide bonds. The molecule has 0 fully saturated rings. The molecule has 0 saturated heterocycles. The zero-order valence-electron chi connectivity index (χ0n) is 3.31. The molecule has 0 radical (unpaired) electrons. The molecule has 8 heavy (non-hydrogen) atoms. The van der Waals surface area contributed by atoms with Crippen molar-refractivity contribution >= 4 is 0 Å². The van der Waals surface area contributed by atoms with Gasteiger partial charge in [0.2, 0.25) is 0 Å². The number of rotatable bonds is 0. The van der Waals surface area contributed by atoms with Gasteiger partial charge in [0.1, 0.15) is 0 Å². The van der Waals surface area contributed by atoms with Crippen LogP contribution in [0, 0.1) is 51.6 Å². The van der Waals surface area contributed by atoms with Gasteiger partial charge in [-0.2, -0.15) is 0 Å². The Morgan fingerprint density at radius 1 is 1.38 bits per heavy atom. The summed E-state index contributed by atoms with van der Waals surface area (Å²) in [5.41, 5.74) is 0. The number of hydrogen-bond acceptors (Lipinski definition) is 0. The Morgan fingerprint density at radius 3 is 2.00 bits per heavy atom. The summed E-state index contributed by atoms with van der Waals surface area (Å²) >= 11 is -2.02. The minimum absolute atomic E-state index is 0.662. The first-order chi connectivity index (χ1) is 3.56. The van der Waals surface area contributed by atoms with Gasteiger partial charge >= 0.3 is 70.9 Å². The summed E-state index contributed by atoms with van der Waals surface area (Å²) in [5, 5.41) is 0. The average Bonchev–Trinajstić information content (AvgIpc) is 1.59. The van der Waals surface area contributed by atoms with Crippen LogP contribution < -0.4 is 0 Å². The fraction of sp³-hybridized carbons (Fsp3) is 0.500. The third-order valence-corrected chi connectivity index (χ3v) is 0.592. The van der Waals surface area contributed by atoms with Gasteiger partial charge in [-0.3, -0.25) is 0 Å². The number of nitrogens with zero attached hydrogens (tertiary/aromatic N) is 1. The summed E-state index contributed by atoms with van der Waals surface area (Å²) in [4.78, 5) is 0. The van der Waals surface area contributed by atoms with Crippen LogP contribution in [0.15, 0.2) is 0 Å². The van der Waals surface area contributed by atoms with Crippen molar-refractivity contribution in [2.75, 3.05) is 0 Å². The van der Waals surface area contributed by atoms with E-state index < -0.39 is 51.7 Å². The van der Waals surface area contributed by atoms with Gasteiger partial charge in [0.05, 0.1) is 0 Å². The summed E-state index contributed by atoms with van der Waals surface area (Å²) in [6.07, 6.45) is -4.58. The Bertz CT molecular complexity index is 118. The van der Waals surface area contributed by atoms with Crippen LogP contribution in [0.3, 0.4) is 0 Å². The molecule has 48 valence electrons. The second-order valence-electron chi connectivity index (χ2n) is 0.748. The van der Waals surface area contributed by atoms with E-state index in [0.29, 0.717) is 6.07 Å². The SMILES string of the molecule is F[Xe][N+]#CC(F)(F)F. The molecule has 0 aromatic carbocycles. The molecule has 0 aliphatic heterocycles. The van der Waals surface area contributed by atoms with E-state index in [2.05, 4.69) is -0.143 Å². The van der Waals surface area contributed by atoms with E-state index in [0.717, 1.165) is 0 Å². The standard InChI is InChI=1S/C2F4NXe/c3-2(4,5)1-7-8-6/q+1. The maximum absolute atomic E-state index is 10.9. The fourth-order valence-electron chi connectivity index (χ4n) is 0.0598. The van der Waals surface area contributed by atoms with Crippen LogP contribution in [0.4, 0.5) is 13.3 Å². The maximum atomic E-state index is 10.9. The van der Waals surface area contributed by atoms with Crippen LogP contribution in [-0.4, -0.2) is 6.18 Å². The zero-order valence-corrected chi connectivity index (χ0v) is 5.33. The molecule has 0 aromatic rings. The number of alkyl halides is 3. The average molecular weight is 245 g/mol. The second-order valence-corrected chi connectivity index (χ2v) is 1.54. The van der Waals surface area contributed by atoms with Crippen LogP contribution >= 0.6 is 0 Å². The van der Waals surface area contributed by atoms with E-state index in [1.165, 1.54) is 0 Å². The second kappa shape index (κ2) is 3.74.